The molecule has 0 fully saturated rings. The lowest BCUT2D eigenvalue weighted by Crippen LogP contribution is -1.85. The first kappa shape index (κ1) is 13.7. The summed E-state index contributed by atoms with van der Waals surface area (Å²) in [5.41, 5.74) is 4.88. The fourth-order valence-electron chi connectivity index (χ4n) is 1.96. The van der Waals surface area contributed by atoms with Crippen LogP contribution in [0.4, 0.5) is 0 Å². The summed E-state index contributed by atoms with van der Waals surface area (Å²) in [6, 6.07) is 12.9. The Balaban J connectivity index is 2.41. The SMILES string of the molecule is C=Cc1cc(C)ccc1Sc1ccc(C)cc1C=C. The molecule has 0 saturated carbocycles. The molecule has 0 atom stereocenters. The molecule has 0 nitrogen and oxygen atoms in total. The second kappa shape index (κ2) is 5.94. The van der Waals surface area contributed by atoms with Gasteiger partial charge in [-0.25, -0.2) is 0 Å². The van der Waals surface area contributed by atoms with Gasteiger partial charge in [0.05, 0.1) is 0 Å². The zero-order chi connectivity index (χ0) is 13.8. The minimum absolute atomic E-state index is 1.18. The van der Waals surface area contributed by atoms with Crippen LogP contribution in [0.5, 0.6) is 0 Å². The van der Waals surface area contributed by atoms with Crippen molar-refractivity contribution in [3.8, 4) is 0 Å². The molecule has 0 aliphatic carbocycles. The molecule has 19 heavy (non-hydrogen) atoms. The van der Waals surface area contributed by atoms with Gasteiger partial charge in [-0.2, -0.15) is 0 Å². The summed E-state index contributed by atoms with van der Waals surface area (Å²) in [5.74, 6) is 0. The zero-order valence-electron chi connectivity index (χ0n) is 11.4. The lowest BCUT2D eigenvalue weighted by atomic mass is 10.1. The maximum atomic E-state index is 3.90. The summed E-state index contributed by atoms with van der Waals surface area (Å²) < 4.78 is 0. The van der Waals surface area contributed by atoms with E-state index >= 15 is 0 Å². The van der Waals surface area contributed by atoms with E-state index in [1.54, 1.807) is 11.8 Å². The van der Waals surface area contributed by atoms with Gasteiger partial charge in [0.1, 0.15) is 0 Å². The molecule has 0 aliphatic heterocycles. The van der Waals surface area contributed by atoms with Gasteiger partial charge in [0.2, 0.25) is 0 Å². The number of aryl methyl sites for hydroxylation is 2. The Morgan fingerprint density at radius 2 is 1.21 bits per heavy atom. The summed E-state index contributed by atoms with van der Waals surface area (Å²) in [6.07, 6.45) is 3.83. The molecule has 2 rings (SSSR count). The first-order valence-electron chi connectivity index (χ1n) is 6.28. The van der Waals surface area contributed by atoms with Crippen LogP contribution in [0.15, 0.2) is 59.3 Å². The summed E-state index contributed by atoms with van der Waals surface area (Å²) in [7, 11) is 0. The highest BCUT2D eigenvalue weighted by Crippen LogP contribution is 2.34. The fraction of sp³-hybridized carbons (Fsp3) is 0.111. The van der Waals surface area contributed by atoms with Gasteiger partial charge in [-0.1, -0.05) is 72.5 Å². The van der Waals surface area contributed by atoms with Crippen LogP contribution >= 0.6 is 11.8 Å². The van der Waals surface area contributed by atoms with Crippen LogP contribution in [-0.2, 0) is 0 Å². The highest BCUT2D eigenvalue weighted by atomic mass is 32.2. The van der Waals surface area contributed by atoms with Crippen LogP contribution in [0.25, 0.3) is 12.2 Å². The predicted molar refractivity (Wildman–Crippen MR) is 86.7 cm³/mol. The number of hydrogen-bond donors (Lipinski definition) is 0. The summed E-state index contributed by atoms with van der Waals surface area (Å²) >= 11 is 1.76. The summed E-state index contributed by atoms with van der Waals surface area (Å²) in [5, 5.41) is 0. The third kappa shape index (κ3) is 3.18. The lowest BCUT2D eigenvalue weighted by Gasteiger charge is -2.10. The molecule has 0 saturated heterocycles. The molecule has 1 heteroatoms. The zero-order valence-corrected chi connectivity index (χ0v) is 12.3. The maximum Gasteiger partial charge on any atom is 0.0195 e. The van der Waals surface area contributed by atoms with Crippen LogP contribution in [-0.4, -0.2) is 0 Å². The van der Waals surface area contributed by atoms with Crippen molar-refractivity contribution in [2.75, 3.05) is 0 Å². The van der Waals surface area contributed by atoms with Crippen LogP contribution in [0.3, 0.4) is 0 Å². The molecule has 0 radical (unpaired) electrons. The molecule has 2 aromatic carbocycles. The average Bonchev–Trinajstić information content (AvgIpc) is 2.42. The van der Waals surface area contributed by atoms with Crippen LogP contribution in [0.1, 0.15) is 22.3 Å². The van der Waals surface area contributed by atoms with E-state index in [0.29, 0.717) is 0 Å². The van der Waals surface area contributed by atoms with Crippen molar-refractivity contribution < 1.29 is 0 Å². The van der Waals surface area contributed by atoms with E-state index in [1.165, 1.54) is 32.0 Å². The first-order chi connectivity index (χ1) is 9.13. The highest BCUT2D eigenvalue weighted by molar-refractivity contribution is 7.99. The number of rotatable bonds is 4. The monoisotopic (exact) mass is 266 g/mol. The van der Waals surface area contributed by atoms with E-state index in [9.17, 15) is 0 Å². The normalized spacial score (nSPS) is 10.2. The van der Waals surface area contributed by atoms with Gasteiger partial charge >= 0.3 is 0 Å². The molecule has 0 aliphatic rings. The van der Waals surface area contributed by atoms with E-state index in [2.05, 4.69) is 63.4 Å². The summed E-state index contributed by atoms with van der Waals surface area (Å²) in [4.78, 5) is 2.46. The Hall–Kier alpha value is -1.73. The molecule has 0 heterocycles. The molecule has 96 valence electrons. The standard InChI is InChI=1S/C18H18S/c1-5-15-11-13(3)7-9-17(15)19-18-10-8-14(4)12-16(18)6-2/h5-12H,1-2H2,3-4H3. The van der Waals surface area contributed by atoms with Gasteiger partial charge in [-0.3, -0.25) is 0 Å². The van der Waals surface area contributed by atoms with Crippen LogP contribution < -0.4 is 0 Å². The predicted octanol–water partition coefficient (Wildman–Crippen LogP) is 5.74. The molecule has 0 N–H and O–H groups in total. The van der Waals surface area contributed by atoms with Crippen molar-refractivity contribution in [3.63, 3.8) is 0 Å². The Morgan fingerprint density at radius 3 is 1.58 bits per heavy atom. The minimum atomic E-state index is 1.18. The first-order valence-corrected chi connectivity index (χ1v) is 7.09. The maximum absolute atomic E-state index is 3.90. The van der Waals surface area contributed by atoms with Gasteiger partial charge in [-0.15, -0.1) is 0 Å². The van der Waals surface area contributed by atoms with Gasteiger partial charge in [0.25, 0.3) is 0 Å². The van der Waals surface area contributed by atoms with E-state index < -0.39 is 0 Å². The number of benzene rings is 2. The molecule has 0 bridgehead atoms. The third-order valence-corrected chi connectivity index (χ3v) is 4.17. The van der Waals surface area contributed by atoms with Crippen molar-refractivity contribution in [1.82, 2.24) is 0 Å². The van der Waals surface area contributed by atoms with Gasteiger partial charge in [0, 0.05) is 9.79 Å². The van der Waals surface area contributed by atoms with E-state index in [1.807, 2.05) is 12.2 Å². The van der Waals surface area contributed by atoms with Crippen LogP contribution in [0.2, 0.25) is 0 Å². The van der Waals surface area contributed by atoms with E-state index in [4.69, 9.17) is 0 Å². The van der Waals surface area contributed by atoms with Crippen molar-refractivity contribution in [3.05, 3.63) is 71.8 Å². The molecular weight excluding hydrogens is 248 g/mol. The third-order valence-electron chi connectivity index (χ3n) is 2.99. The smallest absolute Gasteiger partial charge is 0.0195 e. The van der Waals surface area contributed by atoms with Gasteiger partial charge in [-0.05, 0) is 37.1 Å². The Labute approximate surface area is 119 Å². The quantitative estimate of drug-likeness (QED) is 0.680. The van der Waals surface area contributed by atoms with Crippen molar-refractivity contribution in [1.29, 1.82) is 0 Å². The van der Waals surface area contributed by atoms with E-state index in [-0.39, 0.29) is 0 Å². The van der Waals surface area contributed by atoms with Crippen molar-refractivity contribution in [2.45, 2.75) is 23.6 Å². The molecule has 0 spiro atoms. The largest absolute Gasteiger partial charge is 0.0984 e. The Morgan fingerprint density at radius 1 is 0.789 bits per heavy atom. The average molecular weight is 266 g/mol. The minimum Gasteiger partial charge on any atom is -0.0984 e. The lowest BCUT2D eigenvalue weighted by molar-refractivity contribution is 1.32. The molecular formula is C18H18S. The second-order valence-electron chi connectivity index (χ2n) is 4.59. The number of hydrogen-bond acceptors (Lipinski definition) is 1. The van der Waals surface area contributed by atoms with Gasteiger partial charge < -0.3 is 0 Å². The van der Waals surface area contributed by atoms with Gasteiger partial charge in [0.15, 0.2) is 0 Å². The molecule has 0 unspecified atom stereocenters. The Kier molecular flexibility index (Phi) is 4.28. The van der Waals surface area contributed by atoms with Crippen molar-refractivity contribution in [2.24, 2.45) is 0 Å². The molecule has 0 amide bonds. The second-order valence-corrected chi connectivity index (χ2v) is 5.68. The van der Waals surface area contributed by atoms with E-state index in [0.717, 1.165) is 0 Å². The summed E-state index contributed by atoms with van der Waals surface area (Å²) in [6.45, 7) is 12.0. The topological polar surface area (TPSA) is 0 Å². The van der Waals surface area contributed by atoms with Crippen LogP contribution in [0, 0.1) is 13.8 Å². The fourth-order valence-corrected chi connectivity index (χ4v) is 2.99. The molecule has 2 aromatic rings. The Bertz CT molecular complexity index is 568. The molecule has 0 aromatic heterocycles. The highest BCUT2D eigenvalue weighted by Gasteiger charge is 2.06. The van der Waals surface area contributed by atoms with Crippen molar-refractivity contribution >= 4 is 23.9 Å².